The molecule has 1 rings (SSSR count). The molecule has 0 spiro atoms. The zero-order valence-corrected chi connectivity index (χ0v) is 10.8. The molecule has 0 saturated heterocycles. The van der Waals surface area contributed by atoms with E-state index in [1.165, 1.54) is 0 Å². The van der Waals surface area contributed by atoms with Gasteiger partial charge in [0.1, 0.15) is 0 Å². The Labute approximate surface area is 97.9 Å². The van der Waals surface area contributed by atoms with Crippen molar-refractivity contribution in [3.8, 4) is 0 Å². The van der Waals surface area contributed by atoms with Crippen LogP contribution in [-0.4, -0.2) is 36.6 Å². The maximum Gasteiger partial charge on any atom is 0.0535 e. The van der Waals surface area contributed by atoms with E-state index in [4.69, 9.17) is 5.73 Å². The van der Waals surface area contributed by atoms with Crippen molar-refractivity contribution < 1.29 is 0 Å². The van der Waals surface area contributed by atoms with Gasteiger partial charge >= 0.3 is 0 Å². The van der Waals surface area contributed by atoms with Gasteiger partial charge in [-0.1, -0.05) is 0 Å². The number of pyridine rings is 1. The Kier molecular flexibility index (Phi) is 3.88. The summed E-state index contributed by atoms with van der Waals surface area (Å²) >= 11 is 0. The van der Waals surface area contributed by atoms with Crippen LogP contribution in [0.25, 0.3) is 0 Å². The molecule has 0 aromatic carbocycles. The summed E-state index contributed by atoms with van der Waals surface area (Å²) in [5.41, 5.74) is 7.79. The first-order valence-corrected chi connectivity index (χ1v) is 5.45. The first-order chi connectivity index (χ1) is 7.41. The average molecular weight is 222 g/mol. The molecule has 0 radical (unpaired) electrons. The fourth-order valence-electron chi connectivity index (χ4n) is 1.81. The third kappa shape index (κ3) is 2.33. The number of nitrogens with zero attached hydrogens (tertiary/aromatic N) is 2. The Hall–Kier alpha value is -1.13. The van der Waals surface area contributed by atoms with Gasteiger partial charge in [0.05, 0.1) is 6.04 Å². The van der Waals surface area contributed by atoms with Crippen molar-refractivity contribution in [3.63, 3.8) is 0 Å². The van der Waals surface area contributed by atoms with Crippen LogP contribution in [0.5, 0.6) is 0 Å². The van der Waals surface area contributed by atoms with E-state index in [2.05, 4.69) is 43.1 Å². The van der Waals surface area contributed by atoms with E-state index < -0.39 is 0 Å². The molecule has 90 valence electrons. The Morgan fingerprint density at radius 3 is 2.50 bits per heavy atom. The fourth-order valence-corrected chi connectivity index (χ4v) is 1.81. The SMILES string of the molecule is CNC(c1cnccc1N)C(C)(C)N(C)C. The average Bonchev–Trinajstić information content (AvgIpc) is 2.21. The molecule has 0 aliphatic rings. The molecular weight excluding hydrogens is 200 g/mol. The number of nitrogens with one attached hydrogen (secondary N) is 1. The van der Waals surface area contributed by atoms with Gasteiger partial charge < -0.3 is 16.0 Å². The van der Waals surface area contributed by atoms with Crippen LogP contribution in [0, 0.1) is 0 Å². The summed E-state index contributed by atoms with van der Waals surface area (Å²) in [6, 6.07) is 1.99. The molecular formula is C12H22N4. The lowest BCUT2D eigenvalue weighted by Crippen LogP contribution is -2.48. The quantitative estimate of drug-likeness (QED) is 0.805. The van der Waals surface area contributed by atoms with Crippen LogP contribution in [0.2, 0.25) is 0 Å². The van der Waals surface area contributed by atoms with E-state index in [9.17, 15) is 0 Å². The predicted octanol–water partition coefficient (Wildman–Crippen LogP) is 1.26. The molecule has 1 heterocycles. The van der Waals surface area contributed by atoms with Gasteiger partial charge in [0.25, 0.3) is 0 Å². The third-order valence-electron chi connectivity index (χ3n) is 3.35. The summed E-state index contributed by atoms with van der Waals surface area (Å²) in [7, 11) is 6.08. The first kappa shape index (κ1) is 12.9. The highest BCUT2D eigenvalue weighted by molar-refractivity contribution is 5.47. The lowest BCUT2D eigenvalue weighted by atomic mass is 9.87. The summed E-state index contributed by atoms with van der Waals surface area (Å²) in [6.07, 6.45) is 3.55. The standard InChI is InChI=1S/C12H22N4/c1-12(2,16(4)5)11(14-3)9-8-15-7-6-10(9)13/h6-8,11,14H,1-5H3,(H2,13,15). The number of anilines is 1. The van der Waals surface area contributed by atoms with Crippen LogP contribution < -0.4 is 11.1 Å². The van der Waals surface area contributed by atoms with Crippen molar-refractivity contribution in [3.05, 3.63) is 24.0 Å². The molecule has 4 heteroatoms. The molecule has 1 aromatic rings. The van der Waals surface area contributed by atoms with E-state index >= 15 is 0 Å². The Balaban J connectivity index is 3.13. The summed E-state index contributed by atoms with van der Waals surface area (Å²) in [6.45, 7) is 4.36. The monoisotopic (exact) mass is 222 g/mol. The molecule has 1 aromatic heterocycles. The lowest BCUT2D eigenvalue weighted by Gasteiger charge is -2.40. The minimum Gasteiger partial charge on any atom is -0.398 e. The molecule has 1 atom stereocenters. The Morgan fingerprint density at radius 2 is 2.06 bits per heavy atom. The molecule has 3 N–H and O–H groups in total. The minimum absolute atomic E-state index is 0.0358. The van der Waals surface area contributed by atoms with E-state index in [1.807, 2.05) is 19.3 Å². The highest BCUT2D eigenvalue weighted by Crippen LogP contribution is 2.31. The van der Waals surface area contributed by atoms with Gasteiger partial charge in [-0.25, -0.2) is 0 Å². The van der Waals surface area contributed by atoms with Crippen molar-refractivity contribution in [1.29, 1.82) is 0 Å². The first-order valence-electron chi connectivity index (χ1n) is 5.45. The second kappa shape index (κ2) is 4.80. The number of likely N-dealkylation sites (N-methyl/N-ethyl adjacent to an activating group) is 2. The molecule has 0 amide bonds. The molecule has 16 heavy (non-hydrogen) atoms. The van der Waals surface area contributed by atoms with Crippen molar-refractivity contribution in [2.75, 3.05) is 26.9 Å². The van der Waals surface area contributed by atoms with Crippen LogP contribution in [-0.2, 0) is 0 Å². The second-order valence-electron chi connectivity index (χ2n) is 4.77. The fraction of sp³-hybridized carbons (Fsp3) is 0.583. The zero-order valence-electron chi connectivity index (χ0n) is 10.8. The molecule has 0 bridgehead atoms. The summed E-state index contributed by atoms with van der Waals surface area (Å²) in [5.74, 6) is 0. The Morgan fingerprint density at radius 1 is 1.44 bits per heavy atom. The normalized spacial score (nSPS) is 14.1. The summed E-state index contributed by atoms with van der Waals surface area (Å²) in [4.78, 5) is 6.33. The summed E-state index contributed by atoms with van der Waals surface area (Å²) in [5, 5.41) is 3.32. The van der Waals surface area contributed by atoms with Gasteiger partial charge in [-0.05, 0) is 41.1 Å². The third-order valence-corrected chi connectivity index (χ3v) is 3.35. The van der Waals surface area contributed by atoms with Gasteiger partial charge in [0.15, 0.2) is 0 Å². The molecule has 0 aliphatic carbocycles. The molecule has 1 unspecified atom stereocenters. The highest BCUT2D eigenvalue weighted by atomic mass is 15.2. The smallest absolute Gasteiger partial charge is 0.0535 e. The number of nitrogen functional groups attached to an aromatic ring is 1. The van der Waals surface area contributed by atoms with Crippen molar-refractivity contribution in [2.45, 2.75) is 25.4 Å². The predicted molar refractivity (Wildman–Crippen MR) is 68.2 cm³/mol. The van der Waals surface area contributed by atoms with E-state index in [0.29, 0.717) is 0 Å². The Bertz CT molecular complexity index is 347. The van der Waals surface area contributed by atoms with Crippen LogP contribution in [0.1, 0.15) is 25.5 Å². The maximum absolute atomic E-state index is 6.00. The van der Waals surface area contributed by atoms with E-state index in [-0.39, 0.29) is 11.6 Å². The number of hydrogen-bond donors (Lipinski definition) is 2. The number of nitrogens with two attached hydrogens (primary N) is 1. The number of aromatic nitrogens is 1. The van der Waals surface area contributed by atoms with Crippen molar-refractivity contribution >= 4 is 5.69 Å². The van der Waals surface area contributed by atoms with Gasteiger partial charge in [0, 0.05) is 29.2 Å². The minimum atomic E-state index is -0.0358. The lowest BCUT2D eigenvalue weighted by molar-refractivity contribution is 0.143. The van der Waals surface area contributed by atoms with E-state index in [0.717, 1.165) is 11.3 Å². The van der Waals surface area contributed by atoms with Crippen LogP contribution in [0.4, 0.5) is 5.69 Å². The van der Waals surface area contributed by atoms with Crippen LogP contribution >= 0.6 is 0 Å². The zero-order chi connectivity index (χ0) is 12.3. The van der Waals surface area contributed by atoms with E-state index in [1.54, 1.807) is 6.20 Å². The van der Waals surface area contributed by atoms with Crippen molar-refractivity contribution in [1.82, 2.24) is 15.2 Å². The highest BCUT2D eigenvalue weighted by Gasteiger charge is 2.32. The number of rotatable bonds is 4. The van der Waals surface area contributed by atoms with Gasteiger partial charge in [-0.15, -0.1) is 0 Å². The summed E-state index contributed by atoms with van der Waals surface area (Å²) < 4.78 is 0. The molecule has 0 fully saturated rings. The number of hydrogen-bond acceptors (Lipinski definition) is 4. The molecule has 0 saturated carbocycles. The molecule has 4 nitrogen and oxygen atoms in total. The van der Waals surface area contributed by atoms with Crippen molar-refractivity contribution in [2.24, 2.45) is 0 Å². The van der Waals surface area contributed by atoms with Crippen LogP contribution in [0.15, 0.2) is 18.5 Å². The molecule has 0 aliphatic heterocycles. The topological polar surface area (TPSA) is 54.2 Å². The van der Waals surface area contributed by atoms with Gasteiger partial charge in [-0.2, -0.15) is 0 Å². The second-order valence-corrected chi connectivity index (χ2v) is 4.77. The van der Waals surface area contributed by atoms with Crippen LogP contribution in [0.3, 0.4) is 0 Å². The van der Waals surface area contributed by atoms with Gasteiger partial charge in [-0.3, -0.25) is 4.98 Å². The maximum atomic E-state index is 6.00. The van der Waals surface area contributed by atoms with Gasteiger partial charge in [0.2, 0.25) is 0 Å². The largest absolute Gasteiger partial charge is 0.398 e.